The summed E-state index contributed by atoms with van der Waals surface area (Å²) in [6.07, 6.45) is 0.731. The minimum absolute atomic E-state index is 0.167. The predicted molar refractivity (Wildman–Crippen MR) is 78.9 cm³/mol. The Morgan fingerprint density at radius 1 is 1.10 bits per heavy atom. The van der Waals surface area contributed by atoms with Gasteiger partial charge >= 0.3 is 5.97 Å². The van der Waals surface area contributed by atoms with E-state index >= 15 is 0 Å². The van der Waals surface area contributed by atoms with Crippen LogP contribution in [0.15, 0.2) is 42.5 Å². The molecule has 0 fully saturated rings. The van der Waals surface area contributed by atoms with E-state index in [1.165, 1.54) is 0 Å². The van der Waals surface area contributed by atoms with Crippen LogP contribution in [-0.4, -0.2) is 18.9 Å². The van der Waals surface area contributed by atoms with Gasteiger partial charge in [-0.3, -0.25) is 4.79 Å². The average Bonchev–Trinajstić information content (AvgIpc) is 2.49. The van der Waals surface area contributed by atoms with E-state index in [4.69, 9.17) is 9.47 Å². The van der Waals surface area contributed by atoms with E-state index in [-0.39, 0.29) is 6.61 Å². The molecule has 0 saturated heterocycles. The highest BCUT2D eigenvalue weighted by Crippen LogP contribution is 2.19. The molecule has 0 saturated carbocycles. The molecule has 21 heavy (non-hydrogen) atoms. The quantitative estimate of drug-likeness (QED) is 0.481. The normalized spacial score (nSPS) is 10.0. The van der Waals surface area contributed by atoms with E-state index in [1.54, 1.807) is 24.3 Å². The molecule has 0 atom stereocenters. The van der Waals surface area contributed by atoms with Crippen molar-refractivity contribution in [1.82, 2.24) is 0 Å². The number of hydrogen-bond acceptors (Lipinski definition) is 4. The second-order valence-corrected chi connectivity index (χ2v) is 4.72. The van der Waals surface area contributed by atoms with Crippen molar-refractivity contribution in [2.45, 2.75) is 13.8 Å². The standard InChI is InChI=1S/C17H16O4/c1-12-3-4-13(2)16(9-12)20-11-17(19)21-15-7-5-14(10-18)6-8-15/h3-10H,11H2,1-2H3. The van der Waals surface area contributed by atoms with Gasteiger partial charge in [-0.1, -0.05) is 12.1 Å². The number of benzene rings is 2. The molecule has 0 unspecified atom stereocenters. The Kier molecular flexibility index (Phi) is 4.72. The molecule has 2 rings (SSSR count). The lowest BCUT2D eigenvalue weighted by molar-refractivity contribution is -0.136. The van der Waals surface area contributed by atoms with Crippen LogP contribution < -0.4 is 9.47 Å². The summed E-state index contributed by atoms with van der Waals surface area (Å²) in [5.41, 5.74) is 2.55. The van der Waals surface area contributed by atoms with Crippen LogP contribution in [0.3, 0.4) is 0 Å². The number of aryl methyl sites for hydroxylation is 2. The van der Waals surface area contributed by atoms with Crippen molar-refractivity contribution in [2.75, 3.05) is 6.61 Å². The van der Waals surface area contributed by atoms with Gasteiger partial charge in [0.25, 0.3) is 0 Å². The molecular formula is C17H16O4. The molecule has 0 aromatic heterocycles. The van der Waals surface area contributed by atoms with E-state index in [9.17, 15) is 9.59 Å². The third-order valence-electron chi connectivity index (χ3n) is 2.94. The number of carbonyl (C=O) groups is 2. The average molecular weight is 284 g/mol. The molecule has 0 bridgehead atoms. The summed E-state index contributed by atoms with van der Waals surface area (Å²) in [5.74, 6) is 0.563. The molecule has 0 heterocycles. The number of carbonyl (C=O) groups excluding carboxylic acids is 2. The summed E-state index contributed by atoms with van der Waals surface area (Å²) >= 11 is 0. The van der Waals surface area contributed by atoms with Crippen molar-refractivity contribution in [3.8, 4) is 11.5 Å². The Morgan fingerprint density at radius 3 is 2.48 bits per heavy atom. The van der Waals surface area contributed by atoms with Crippen LogP contribution in [0.1, 0.15) is 21.5 Å². The number of ether oxygens (including phenoxy) is 2. The topological polar surface area (TPSA) is 52.6 Å². The first-order valence-electron chi connectivity index (χ1n) is 6.54. The van der Waals surface area contributed by atoms with Gasteiger partial charge in [-0.2, -0.15) is 0 Å². The molecule has 2 aromatic rings. The van der Waals surface area contributed by atoms with E-state index in [0.29, 0.717) is 17.1 Å². The Morgan fingerprint density at radius 2 is 1.81 bits per heavy atom. The van der Waals surface area contributed by atoms with Gasteiger partial charge in [0.2, 0.25) is 0 Å². The first-order valence-corrected chi connectivity index (χ1v) is 6.54. The summed E-state index contributed by atoms with van der Waals surface area (Å²) in [7, 11) is 0. The fourth-order valence-corrected chi connectivity index (χ4v) is 1.77. The van der Waals surface area contributed by atoms with Gasteiger partial charge in [0.1, 0.15) is 17.8 Å². The summed E-state index contributed by atoms with van der Waals surface area (Å²) in [6.45, 7) is 3.71. The zero-order chi connectivity index (χ0) is 15.2. The van der Waals surface area contributed by atoms with Gasteiger partial charge in [-0.25, -0.2) is 4.79 Å². The number of aldehydes is 1. The van der Waals surface area contributed by atoms with E-state index in [0.717, 1.165) is 17.4 Å². The summed E-state index contributed by atoms with van der Waals surface area (Å²) < 4.78 is 10.6. The first kappa shape index (κ1) is 14.8. The summed E-state index contributed by atoms with van der Waals surface area (Å²) in [4.78, 5) is 22.3. The van der Waals surface area contributed by atoms with Crippen LogP contribution in [0.4, 0.5) is 0 Å². The lowest BCUT2D eigenvalue weighted by Gasteiger charge is -2.09. The van der Waals surface area contributed by atoms with Crippen LogP contribution in [0, 0.1) is 13.8 Å². The second-order valence-electron chi connectivity index (χ2n) is 4.72. The molecule has 108 valence electrons. The molecule has 0 radical (unpaired) electrons. The van der Waals surface area contributed by atoms with Crippen molar-refractivity contribution >= 4 is 12.3 Å². The van der Waals surface area contributed by atoms with E-state index in [2.05, 4.69) is 0 Å². The van der Waals surface area contributed by atoms with E-state index < -0.39 is 5.97 Å². The highest BCUT2D eigenvalue weighted by Gasteiger charge is 2.08. The number of hydrogen-bond donors (Lipinski definition) is 0. The summed E-state index contributed by atoms with van der Waals surface area (Å²) in [6, 6.07) is 12.1. The highest BCUT2D eigenvalue weighted by molar-refractivity contribution is 5.76. The van der Waals surface area contributed by atoms with Gasteiger partial charge in [0.15, 0.2) is 6.61 Å². The molecule has 0 aliphatic rings. The molecule has 0 spiro atoms. The van der Waals surface area contributed by atoms with Gasteiger partial charge in [0, 0.05) is 5.56 Å². The maximum atomic E-state index is 11.7. The van der Waals surface area contributed by atoms with Crippen LogP contribution in [0.2, 0.25) is 0 Å². The fourth-order valence-electron chi connectivity index (χ4n) is 1.77. The van der Waals surface area contributed by atoms with Gasteiger partial charge in [-0.15, -0.1) is 0 Å². The highest BCUT2D eigenvalue weighted by atomic mass is 16.6. The zero-order valence-corrected chi connectivity index (χ0v) is 12.0. The van der Waals surface area contributed by atoms with Crippen molar-refractivity contribution < 1.29 is 19.1 Å². The monoisotopic (exact) mass is 284 g/mol. The van der Waals surface area contributed by atoms with Crippen LogP contribution in [0.25, 0.3) is 0 Å². The molecule has 2 aromatic carbocycles. The van der Waals surface area contributed by atoms with Gasteiger partial charge in [-0.05, 0) is 55.3 Å². The van der Waals surface area contributed by atoms with Gasteiger partial charge < -0.3 is 9.47 Å². The third kappa shape index (κ3) is 4.18. The molecule has 4 heteroatoms. The SMILES string of the molecule is Cc1ccc(C)c(OCC(=O)Oc2ccc(C=O)cc2)c1. The van der Waals surface area contributed by atoms with Gasteiger partial charge in [0.05, 0.1) is 0 Å². The maximum absolute atomic E-state index is 11.7. The number of esters is 1. The first-order chi connectivity index (χ1) is 10.1. The minimum atomic E-state index is -0.491. The molecule has 0 amide bonds. The molecule has 0 aliphatic carbocycles. The number of rotatable bonds is 5. The Hall–Kier alpha value is -2.62. The van der Waals surface area contributed by atoms with Crippen LogP contribution in [0.5, 0.6) is 11.5 Å². The third-order valence-corrected chi connectivity index (χ3v) is 2.94. The molecule has 4 nitrogen and oxygen atoms in total. The Balaban J connectivity index is 1.92. The van der Waals surface area contributed by atoms with Crippen molar-refractivity contribution in [3.05, 3.63) is 59.2 Å². The van der Waals surface area contributed by atoms with Crippen LogP contribution in [-0.2, 0) is 4.79 Å². The minimum Gasteiger partial charge on any atom is -0.482 e. The Bertz CT molecular complexity index is 644. The van der Waals surface area contributed by atoms with Crippen molar-refractivity contribution in [2.24, 2.45) is 0 Å². The predicted octanol–water partition coefficient (Wildman–Crippen LogP) is 3.10. The largest absolute Gasteiger partial charge is 0.482 e. The lowest BCUT2D eigenvalue weighted by Crippen LogP contribution is -2.18. The second kappa shape index (κ2) is 6.70. The lowest BCUT2D eigenvalue weighted by atomic mass is 10.1. The zero-order valence-electron chi connectivity index (χ0n) is 12.0. The fraction of sp³-hybridized carbons (Fsp3) is 0.176. The molecule has 0 N–H and O–H groups in total. The van der Waals surface area contributed by atoms with Crippen molar-refractivity contribution in [1.29, 1.82) is 0 Å². The van der Waals surface area contributed by atoms with Crippen LogP contribution >= 0.6 is 0 Å². The molecule has 0 aliphatic heterocycles. The molecular weight excluding hydrogens is 268 g/mol. The Labute approximate surface area is 123 Å². The smallest absolute Gasteiger partial charge is 0.349 e. The summed E-state index contributed by atoms with van der Waals surface area (Å²) in [5, 5.41) is 0. The van der Waals surface area contributed by atoms with Crippen molar-refractivity contribution in [3.63, 3.8) is 0 Å². The maximum Gasteiger partial charge on any atom is 0.349 e. The van der Waals surface area contributed by atoms with E-state index in [1.807, 2.05) is 32.0 Å².